The number of halogens is 3. The summed E-state index contributed by atoms with van der Waals surface area (Å²) in [5, 5.41) is 14.8. The van der Waals surface area contributed by atoms with E-state index >= 15 is 0 Å². The summed E-state index contributed by atoms with van der Waals surface area (Å²) in [6.07, 6.45) is 0. The molecule has 0 spiro atoms. The molecule has 0 aliphatic heterocycles. The molecule has 1 N–H and O–H groups in total. The van der Waals surface area contributed by atoms with Gasteiger partial charge in [0.05, 0.1) is 4.92 Å². The van der Waals surface area contributed by atoms with E-state index in [0.29, 0.717) is 10.7 Å². The maximum absolute atomic E-state index is 10.9. The van der Waals surface area contributed by atoms with Gasteiger partial charge < -0.3 is 5.32 Å². The second-order valence-corrected chi connectivity index (χ2v) is 6.19. The molecule has 21 heavy (non-hydrogen) atoms. The van der Waals surface area contributed by atoms with Crippen molar-refractivity contribution < 1.29 is 4.92 Å². The normalized spacial score (nSPS) is 12.0. The molecular weight excluding hydrogens is 379 g/mol. The van der Waals surface area contributed by atoms with Crippen molar-refractivity contribution in [2.75, 3.05) is 5.32 Å². The Bertz CT molecular complexity index is 695. The lowest BCUT2D eigenvalue weighted by atomic mass is 10.1. The van der Waals surface area contributed by atoms with Crippen molar-refractivity contribution in [3.63, 3.8) is 0 Å². The lowest BCUT2D eigenvalue weighted by molar-refractivity contribution is -0.384. The highest BCUT2D eigenvalue weighted by molar-refractivity contribution is 9.10. The Morgan fingerprint density at radius 1 is 1.19 bits per heavy atom. The minimum absolute atomic E-state index is 0.105. The largest absolute Gasteiger partial charge is 0.378 e. The van der Waals surface area contributed by atoms with Crippen LogP contribution in [0.4, 0.5) is 11.4 Å². The fraction of sp³-hybridized carbons (Fsp3) is 0.143. The van der Waals surface area contributed by atoms with Gasteiger partial charge in [0.25, 0.3) is 5.69 Å². The predicted molar refractivity (Wildman–Crippen MR) is 89.3 cm³/mol. The van der Waals surface area contributed by atoms with Crippen LogP contribution in [0.5, 0.6) is 0 Å². The van der Waals surface area contributed by atoms with E-state index in [2.05, 4.69) is 21.2 Å². The molecule has 0 saturated heterocycles. The van der Waals surface area contributed by atoms with Gasteiger partial charge in [-0.3, -0.25) is 10.1 Å². The Balaban J connectivity index is 2.25. The van der Waals surface area contributed by atoms with Gasteiger partial charge in [-0.15, -0.1) is 0 Å². The summed E-state index contributed by atoms with van der Waals surface area (Å²) in [7, 11) is 0. The first kappa shape index (κ1) is 16.1. The zero-order valence-corrected chi connectivity index (χ0v) is 14.0. The number of nitrogens with one attached hydrogen (secondary N) is 1. The van der Waals surface area contributed by atoms with E-state index in [0.717, 1.165) is 10.0 Å². The molecule has 0 radical (unpaired) electrons. The summed E-state index contributed by atoms with van der Waals surface area (Å²) in [6, 6.07) is 10.1. The van der Waals surface area contributed by atoms with Crippen LogP contribution in [-0.2, 0) is 0 Å². The van der Waals surface area contributed by atoms with Crippen molar-refractivity contribution in [2.45, 2.75) is 13.0 Å². The number of benzene rings is 2. The van der Waals surface area contributed by atoms with Gasteiger partial charge in [0, 0.05) is 27.3 Å². The summed E-state index contributed by atoms with van der Waals surface area (Å²) >= 11 is 15.3. The number of hydrogen-bond acceptors (Lipinski definition) is 3. The lowest BCUT2D eigenvalue weighted by Gasteiger charge is -2.17. The summed E-state index contributed by atoms with van der Waals surface area (Å²) in [6.45, 7) is 1.93. The third kappa shape index (κ3) is 3.87. The molecule has 1 atom stereocenters. The number of nitro groups is 1. The molecule has 1 unspecified atom stereocenters. The molecule has 2 aromatic carbocycles. The first-order valence-electron chi connectivity index (χ1n) is 6.04. The van der Waals surface area contributed by atoms with Gasteiger partial charge in [0.1, 0.15) is 5.02 Å². The van der Waals surface area contributed by atoms with Crippen molar-refractivity contribution in [1.29, 1.82) is 0 Å². The molecule has 0 fully saturated rings. The van der Waals surface area contributed by atoms with E-state index in [1.165, 1.54) is 12.1 Å². The number of rotatable bonds is 4. The summed E-state index contributed by atoms with van der Waals surface area (Å²) in [4.78, 5) is 10.4. The number of hydrogen-bond donors (Lipinski definition) is 1. The first-order chi connectivity index (χ1) is 9.88. The van der Waals surface area contributed by atoms with E-state index in [4.69, 9.17) is 23.2 Å². The van der Waals surface area contributed by atoms with Gasteiger partial charge in [-0.05, 0) is 36.8 Å². The number of nitrogens with zero attached hydrogens (tertiary/aromatic N) is 1. The van der Waals surface area contributed by atoms with Crippen molar-refractivity contribution in [2.24, 2.45) is 0 Å². The maximum atomic E-state index is 10.9. The van der Waals surface area contributed by atoms with Crippen LogP contribution in [0.25, 0.3) is 0 Å². The number of anilines is 1. The fourth-order valence-electron chi connectivity index (χ4n) is 1.92. The van der Waals surface area contributed by atoms with Gasteiger partial charge in [-0.1, -0.05) is 45.2 Å². The molecule has 4 nitrogen and oxygen atoms in total. The molecule has 110 valence electrons. The second kappa shape index (κ2) is 6.64. The van der Waals surface area contributed by atoms with Gasteiger partial charge in [0.15, 0.2) is 0 Å². The fourth-order valence-corrected chi connectivity index (χ4v) is 2.95. The van der Waals surface area contributed by atoms with Crippen molar-refractivity contribution in [3.8, 4) is 0 Å². The smallest absolute Gasteiger partial charge is 0.289 e. The SMILES string of the molecule is CC(Nc1ccc(Cl)c([N+](=O)[O-])c1)c1ccc(Br)cc1Cl. The minimum Gasteiger partial charge on any atom is -0.378 e. The summed E-state index contributed by atoms with van der Waals surface area (Å²) in [5.41, 5.74) is 1.38. The van der Waals surface area contributed by atoms with Crippen molar-refractivity contribution >= 4 is 50.5 Å². The van der Waals surface area contributed by atoms with Crippen LogP contribution in [0.15, 0.2) is 40.9 Å². The molecule has 0 aliphatic carbocycles. The van der Waals surface area contributed by atoms with Crippen LogP contribution in [0.3, 0.4) is 0 Å². The molecule has 2 aromatic rings. The van der Waals surface area contributed by atoms with Gasteiger partial charge in [0.2, 0.25) is 0 Å². The zero-order valence-electron chi connectivity index (χ0n) is 10.9. The molecule has 0 heterocycles. The quantitative estimate of drug-likeness (QED) is 0.528. The van der Waals surface area contributed by atoms with E-state index in [1.54, 1.807) is 12.1 Å². The third-order valence-corrected chi connectivity index (χ3v) is 4.10. The van der Waals surface area contributed by atoms with Crippen molar-refractivity contribution in [1.82, 2.24) is 0 Å². The Hall–Kier alpha value is -1.30. The Labute approximate surface area is 140 Å². The topological polar surface area (TPSA) is 55.2 Å². The van der Waals surface area contributed by atoms with Crippen LogP contribution in [0.2, 0.25) is 10.0 Å². The van der Waals surface area contributed by atoms with Gasteiger partial charge in [-0.25, -0.2) is 0 Å². The van der Waals surface area contributed by atoms with Crippen LogP contribution in [0.1, 0.15) is 18.5 Å². The zero-order chi connectivity index (χ0) is 15.6. The summed E-state index contributed by atoms with van der Waals surface area (Å²) < 4.78 is 0.894. The monoisotopic (exact) mass is 388 g/mol. The molecule has 7 heteroatoms. The highest BCUT2D eigenvalue weighted by Crippen LogP contribution is 2.31. The van der Waals surface area contributed by atoms with Crippen LogP contribution in [-0.4, -0.2) is 4.92 Å². The average Bonchev–Trinajstić information content (AvgIpc) is 2.40. The Kier molecular flexibility index (Phi) is 5.08. The molecule has 0 aliphatic rings. The highest BCUT2D eigenvalue weighted by atomic mass is 79.9. The van der Waals surface area contributed by atoms with Crippen LogP contribution in [0, 0.1) is 10.1 Å². The van der Waals surface area contributed by atoms with Crippen LogP contribution >= 0.6 is 39.1 Å². The Morgan fingerprint density at radius 2 is 1.90 bits per heavy atom. The van der Waals surface area contributed by atoms with Crippen molar-refractivity contribution in [3.05, 3.63) is 66.6 Å². The minimum atomic E-state index is -0.509. The van der Waals surface area contributed by atoms with E-state index < -0.39 is 4.92 Å². The standard InChI is InChI=1S/C14H11BrCl2N2O2/c1-8(11-4-2-9(15)6-13(11)17)18-10-3-5-12(16)14(7-10)19(20)21/h2-8,18H,1H3. The molecule has 0 bridgehead atoms. The highest BCUT2D eigenvalue weighted by Gasteiger charge is 2.15. The third-order valence-electron chi connectivity index (χ3n) is 2.96. The lowest BCUT2D eigenvalue weighted by Crippen LogP contribution is -2.07. The second-order valence-electron chi connectivity index (χ2n) is 4.46. The molecular formula is C14H11BrCl2N2O2. The molecule has 0 aromatic heterocycles. The predicted octanol–water partition coefficient (Wildman–Crippen LogP) is 5.84. The maximum Gasteiger partial charge on any atom is 0.289 e. The average molecular weight is 390 g/mol. The molecule has 2 rings (SSSR count). The van der Waals surface area contributed by atoms with E-state index in [9.17, 15) is 10.1 Å². The number of nitro benzene ring substituents is 1. The van der Waals surface area contributed by atoms with Gasteiger partial charge in [-0.2, -0.15) is 0 Å². The summed E-state index contributed by atoms with van der Waals surface area (Å²) in [5.74, 6) is 0. The Morgan fingerprint density at radius 3 is 2.52 bits per heavy atom. The molecule has 0 amide bonds. The van der Waals surface area contributed by atoms with Gasteiger partial charge >= 0.3 is 0 Å². The van der Waals surface area contributed by atoms with Crippen LogP contribution < -0.4 is 5.32 Å². The molecule has 0 saturated carbocycles. The van der Waals surface area contributed by atoms with E-state index in [-0.39, 0.29) is 16.8 Å². The van der Waals surface area contributed by atoms with E-state index in [1.807, 2.05) is 19.1 Å². The first-order valence-corrected chi connectivity index (χ1v) is 7.59.